The molecule has 0 radical (unpaired) electrons. The van der Waals surface area contributed by atoms with E-state index in [1.54, 1.807) is 14.2 Å². The van der Waals surface area contributed by atoms with E-state index in [9.17, 15) is 0 Å². The molecule has 2 fully saturated rings. The molecule has 0 amide bonds. The summed E-state index contributed by atoms with van der Waals surface area (Å²) < 4.78 is 15.9. The first-order valence-electron chi connectivity index (χ1n) is 20.4. The van der Waals surface area contributed by atoms with E-state index < -0.39 is 0 Å². The van der Waals surface area contributed by atoms with Crippen LogP contribution in [0, 0.1) is 11.8 Å². The van der Waals surface area contributed by atoms with Crippen LogP contribution in [0.25, 0.3) is 65.2 Å². The number of pyridine rings is 2. The van der Waals surface area contributed by atoms with Crippen molar-refractivity contribution in [1.29, 1.82) is 0 Å². The molecule has 6 heterocycles. The van der Waals surface area contributed by atoms with Gasteiger partial charge >= 0.3 is 0 Å². The van der Waals surface area contributed by atoms with Gasteiger partial charge in [-0.2, -0.15) is 0 Å². The molecule has 4 aromatic heterocycles. The predicted molar refractivity (Wildman–Crippen MR) is 223 cm³/mol. The number of methoxy groups -OCH3 is 2. The van der Waals surface area contributed by atoms with Crippen LogP contribution in [0.1, 0.15) is 32.1 Å². The summed E-state index contributed by atoms with van der Waals surface area (Å²) in [5, 5.41) is 10.2. The topological polar surface area (TPSA) is 64.3 Å². The summed E-state index contributed by atoms with van der Waals surface area (Å²) in [7, 11) is 3.48. The average Bonchev–Trinajstić information content (AvgIpc) is 3.81. The number of rotatable bonds is 10. The summed E-state index contributed by atoms with van der Waals surface area (Å²) >= 11 is 0. The Bertz CT molecular complexity index is 2480. The second-order valence-corrected chi connectivity index (χ2v) is 16.2. The molecule has 0 spiro atoms. The summed E-state index contributed by atoms with van der Waals surface area (Å²) in [5.41, 5.74) is 4.66. The Kier molecular flexibility index (Phi) is 9.03. The third-order valence-electron chi connectivity index (χ3n) is 13.0. The molecule has 0 aliphatic carbocycles. The summed E-state index contributed by atoms with van der Waals surface area (Å²) in [6.07, 6.45) is 16.0. The van der Waals surface area contributed by atoms with Gasteiger partial charge in [0.05, 0.1) is 38.1 Å². The van der Waals surface area contributed by atoms with Gasteiger partial charge in [-0.05, 0) is 129 Å². The highest BCUT2D eigenvalue weighted by Gasteiger charge is 2.26. The molecule has 8 heteroatoms. The molecule has 10 rings (SSSR count). The van der Waals surface area contributed by atoms with Gasteiger partial charge in [-0.25, -0.2) is 9.13 Å². The second kappa shape index (κ2) is 14.5. The molecule has 55 heavy (non-hydrogen) atoms. The minimum absolute atomic E-state index is 0.878. The van der Waals surface area contributed by atoms with Gasteiger partial charge in [0.15, 0.2) is 37.9 Å². The van der Waals surface area contributed by atoms with E-state index in [0.29, 0.717) is 0 Å². The Morgan fingerprint density at radius 3 is 1.42 bits per heavy atom. The van der Waals surface area contributed by atoms with Gasteiger partial charge in [0.1, 0.15) is 11.5 Å². The van der Waals surface area contributed by atoms with E-state index in [2.05, 4.69) is 114 Å². The highest BCUT2D eigenvalue weighted by atomic mass is 16.5. The number of benzene rings is 4. The van der Waals surface area contributed by atoms with Gasteiger partial charge < -0.3 is 19.4 Å². The number of ether oxygens (including phenoxy) is 2. The third kappa shape index (κ3) is 6.65. The molecule has 0 unspecified atom stereocenters. The van der Waals surface area contributed by atoms with Crippen molar-refractivity contribution in [3.63, 3.8) is 0 Å². The van der Waals surface area contributed by atoms with Crippen molar-refractivity contribution in [3.8, 4) is 11.5 Å². The number of likely N-dealkylation sites (tertiary alicyclic amines) is 2. The lowest BCUT2D eigenvalue weighted by atomic mass is 9.83. The number of aromatic nitrogens is 4. The zero-order valence-electron chi connectivity index (χ0n) is 32.2. The summed E-state index contributed by atoms with van der Waals surface area (Å²) in [4.78, 5) is 12.6. The SMILES string of the molecule is COc1ccc2[nH]c3ccc4cc[n+](CCN5CCC(CC6CCN(CC[n+]7ccc8ccc9[nH]c%10ccc(OC)cc%10c9c8c7)CC6)CC5)cc4c3c2c1. The van der Waals surface area contributed by atoms with Gasteiger partial charge in [0, 0.05) is 55.7 Å². The van der Waals surface area contributed by atoms with Crippen LogP contribution >= 0.6 is 0 Å². The Hall–Kier alpha value is -5.18. The Balaban J connectivity index is 0.708. The molecule has 0 saturated carbocycles. The first-order chi connectivity index (χ1) is 27.1. The highest BCUT2D eigenvalue weighted by molar-refractivity contribution is 6.21. The van der Waals surface area contributed by atoms with Crippen molar-refractivity contribution in [2.24, 2.45) is 11.8 Å². The van der Waals surface area contributed by atoms with Crippen LogP contribution < -0.4 is 18.6 Å². The molecule has 2 aliphatic rings. The van der Waals surface area contributed by atoms with Crippen LogP contribution in [0.2, 0.25) is 0 Å². The van der Waals surface area contributed by atoms with Gasteiger partial charge in [0.25, 0.3) is 0 Å². The second-order valence-electron chi connectivity index (χ2n) is 16.2. The molecule has 2 N–H and O–H groups in total. The van der Waals surface area contributed by atoms with Crippen molar-refractivity contribution in [1.82, 2.24) is 19.8 Å². The molecule has 2 aliphatic heterocycles. The van der Waals surface area contributed by atoms with Crippen LogP contribution in [0.15, 0.2) is 97.6 Å². The fraction of sp³-hybridized carbons (Fsp3) is 0.362. The van der Waals surface area contributed by atoms with Gasteiger partial charge in [-0.3, -0.25) is 9.80 Å². The highest BCUT2D eigenvalue weighted by Crippen LogP contribution is 2.35. The van der Waals surface area contributed by atoms with Crippen LogP contribution in [0.5, 0.6) is 11.5 Å². The molecule has 8 nitrogen and oxygen atoms in total. The lowest BCUT2D eigenvalue weighted by molar-refractivity contribution is -0.695. The monoisotopic (exact) mass is 732 g/mol. The van der Waals surface area contributed by atoms with Crippen LogP contribution in [-0.4, -0.2) is 73.3 Å². The summed E-state index contributed by atoms with van der Waals surface area (Å²) in [5.74, 6) is 3.54. The van der Waals surface area contributed by atoms with Crippen molar-refractivity contribution in [2.75, 3.05) is 53.5 Å². The van der Waals surface area contributed by atoms with E-state index in [-0.39, 0.29) is 0 Å². The third-order valence-corrected chi connectivity index (χ3v) is 13.0. The van der Waals surface area contributed by atoms with E-state index in [1.807, 2.05) is 12.1 Å². The smallest absolute Gasteiger partial charge is 0.177 e. The number of hydrogen-bond acceptors (Lipinski definition) is 4. The van der Waals surface area contributed by atoms with Crippen molar-refractivity contribution < 1.29 is 18.6 Å². The van der Waals surface area contributed by atoms with Gasteiger partial charge in [0.2, 0.25) is 0 Å². The van der Waals surface area contributed by atoms with E-state index in [1.165, 1.54) is 112 Å². The Labute approximate surface area is 322 Å². The maximum absolute atomic E-state index is 5.56. The molecule has 0 atom stereocenters. The van der Waals surface area contributed by atoms with Crippen molar-refractivity contribution >= 4 is 65.2 Å². The quantitative estimate of drug-likeness (QED) is 0.139. The van der Waals surface area contributed by atoms with Crippen LogP contribution in [0.3, 0.4) is 0 Å². The molecular weight excluding hydrogens is 681 g/mol. The average molecular weight is 733 g/mol. The Morgan fingerprint density at radius 1 is 0.545 bits per heavy atom. The summed E-state index contributed by atoms with van der Waals surface area (Å²) in [6, 6.07) is 26.0. The number of nitrogens with zero attached hydrogens (tertiary/aromatic N) is 4. The number of hydrogen-bond donors (Lipinski definition) is 2. The van der Waals surface area contributed by atoms with Gasteiger partial charge in [-0.15, -0.1) is 0 Å². The minimum atomic E-state index is 0.878. The number of H-pyrrole nitrogens is 2. The predicted octanol–water partition coefficient (Wildman–Crippen LogP) is 8.37. The molecule has 0 bridgehead atoms. The maximum Gasteiger partial charge on any atom is 0.177 e. The number of piperidine rings is 2. The maximum atomic E-state index is 5.56. The molecule has 4 aromatic carbocycles. The van der Waals surface area contributed by atoms with Crippen molar-refractivity contribution in [2.45, 2.75) is 45.2 Å². The fourth-order valence-electron chi connectivity index (χ4n) is 9.78. The lowest BCUT2D eigenvalue weighted by Gasteiger charge is -2.36. The standard InChI is InChI=1S/C47H50N6O2/c1-54-36-5-9-42-38(28-36)46-40-30-52(21-15-34(40)3-7-44(46)48-42)25-23-50-17-11-32(12-18-50)27-33-13-19-51(20-14-33)24-26-53-22-16-35-4-8-45-47(41(35)31-53)39-29-37(55-2)6-10-43(39)49-45/h3-10,15-16,21-22,28-33H,11-14,17-20,23-27H2,1-2H3/p+2. The number of fused-ring (bicyclic) bond motifs is 10. The van der Waals surface area contributed by atoms with Gasteiger partial charge in [-0.1, -0.05) is 12.1 Å². The molecular formula is C47H52N6O2+2. The van der Waals surface area contributed by atoms with Crippen LogP contribution in [0.4, 0.5) is 0 Å². The first kappa shape index (κ1) is 34.3. The fourth-order valence-corrected chi connectivity index (χ4v) is 9.78. The Morgan fingerprint density at radius 2 is 0.982 bits per heavy atom. The molecule has 8 aromatic rings. The zero-order chi connectivity index (χ0) is 36.9. The van der Waals surface area contributed by atoms with E-state index in [4.69, 9.17) is 9.47 Å². The van der Waals surface area contributed by atoms with E-state index >= 15 is 0 Å². The van der Waals surface area contributed by atoms with Crippen LogP contribution in [-0.2, 0) is 13.1 Å². The number of nitrogens with one attached hydrogen (secondary N) is 2. The van der Waals surface area contributed by atoms with E-state index in [0.717, 1.165) is 60.5 Å². The first-order valence-corrected chi connectivity index (χ1v) is 20.4. The number of aromatic amines is 2. The normalized spacial score (nSPS) is 16.8. The minimum Gasteiger partial charge on any atom is -0.497 e. The lowest BCUT2D eigenvalue weighted by Crippen LogP contribution is -2.44. The zero-order valence-corrected chi connectivity index (χ0v) is 32.2. The largest absolute Gasteiger partial charge is 0.497 e. The summed E-state index contributed by atoms with van der Waals surface area (Å²) in [6.45, 7) is 9.15. The molecule has 2 saturated heterocycles. The molecule has 280 valence electrons. The van der Waals surface area contributed by atoms with Crippen molar-refractivity contribution in [3.05, 3.63) is 97.6 Å².